The van der Waals surface area contributed by atoms with Crippen LogP contribution in [0, 0.1) is 12.7 Å². The summed E-state index contributed by atoms with van der Waals surface area (Å²) in [5.74, 6) is -0.141. The third-order valence-electron chi connectivity index (χ3n) is 4.75. The third kappa shape index (κ3) is 3.12. The number of hydrogen-bond acceptors (Lipinski definition) is 3. The smallest absolute Gasteiger partial charge is 0.126 e. The van der Waals surface area contributed by atoms with Gasteiger partial charge in [0.1, 0.15) is 5.82 Å². The molecule has 116 valence electrons. The van der Waals surface area contributed by atoms with Gasteiger partial charge in [-0.25, -0.2) is 4.39 Å². The Kier molecular flexibility index (Phi) is 4.57. The Morgan fingerprint density at radius 1 is 1.48 bits per heavy atom. The van der Waals surface area contributed by atoms with E-state index in [1.165, 1.54) is 19.4 Å². The molecule has 3 atom stereocenters. The summed E-state index contributed by atoms with van der Waals surface area (Å²) in [6, 6.07) is 6.14. The van der Waals surface area contributed by atoms with E-state index >= 15 is 0 Å². The van der Waals surface area contributed by atoms with Crippen LogP contribution in [0.25, 0.3) is 0 Å². The van der Waals surface area contributed by atoms with Gasteiger partial charge in [0.05, 0.1) is 18.8 Å². The van der Waals surface area contributed by atoms with Crippen molar-refractivity contribution in [3.63, 3.8) is 0 Å². The molecule has 3 rings (SSSR count). The lowest BCUT2D eigenvalue weighted by Gasteiger charge is -2.39. The topological polar surface area (TPSA) is 24.5 Å². The lowest BCUT2D eigenvalue weighted by molar-refractivity contribution is -0.0650. The van der Waals surface area contributed by atoms with Gasteiger partial charge < -0.3 is 10.1 Å². The maximum atomic E-state index is 13.5. The molecule has 0 aliphatic carbocycles. The minimum Gasteiger partial charge on any atom is -0.373 e. The van der Waals surface area contributed by atoms with Crippen LogP contribution in [0.2, 0.25) is 0 Å². The van der Waals surface area contributed by atoms with Crippen LogP contribution in [-0.2, 0) is 4.74 Å². The fourth-order valence-electron chi connectivity index (χ4n) is 3.59. The fraction of sp³-hybridized carbons (Fsp3) is 0.647. The van der Waals surface area contributed by atoms with Crippen molar-refractivity contribution >= 4 is 0 Å². The second-order valence-corrected chi connectivity index (χ2v) is 6.21. The van der Waals surface area contributed by atoms with Gasteiger partial charge in [-0.15, -0.1) is 0 Å². The molecule has 1 aromatic carbocycles. The zero-order valence-corrected chi connectivity index (χ0v) is 12.9. The van der Waals surface area contributed by atoms with E-state index in [0.29, 0.717) is 11.6 Å². The van der Waals surface area contributed by atoms with E-state index in [4.69, 9.17) is 4.74 Å². The molecule has 0 amide bonds. The van der Waals surface area contributed by atoms with Gasteiger partial charge in [0.2, 0.25) is 0 Å². The standard InChI is InChI=1S/C17H25FN2O/c1-3-19-17(13-6-7-15(18)12(2)9-13)16-10-20-8-4-5-14(20)11-21-16/h6-7,9,14,16-17,19H,3-5,8,10-11H2,1-2H3. The SMILES string of the molecule is CCNC(c1ccc(F)c(C)c1)C1CN2CCCC2CO1. The first kappa shape index (κ1) is 14.9. The predicted molar refractivity (Wildman–Crippen MR) is 81.9 cm³/mol. The normalized spacial score (nSPS) is 27.6. The number of halogens is 1. The molecule has 3 nitrogen and oxygen atoms in total. The van der Waals surface area contributed by atoms with Gasteiger partial charge in [-0.1, -0.05) is 19.1 Å². The van der Waals surface area contributed by atoms with Crippen molar-refractivity contribution < 1.29 is 9.13 Å². The Morgan fingerprint density at radius 2 is 2.33 bits per heavy atom. The zero-order valence-electron chi connectivity index (χ0n) is 12.9. The molecule has 2 aliphatic rings. The first-order valence-corrected chi connectivity index (χ1v) is 8.04. The van der Waals surface area contributed by atoms with E-state index < -0.39 is 0 Å². The quantitative estimate of drug-likeness (QED) is 0.923. The Labute approximate surface area is 126 Å². The average Bonchev–Trinajstić information content (AvgIpc) is 2.95. The van der Waals surface area contributed by atoms with Gasteiger partial charge in [-0.05, 0) is 50.0 Å². The lowest BCUT2D eigenvalue weighted by Crippen LogP contribution is -2.50. The minimum absolute atomic E-state index is 0.135. The Bertz CT molecular complexity index is 494. The summed E-state index contributed by atoms with van der Waals surface area (Å²) < 4.78 is 19.6. The lowest BCUT2D eigenvalue weighted by atomic mass is 9.97. The van der Waals surface area contributed by atoms with Crippen molar-refractivity contribution in [2.24, 2.45) is 0 Å². The number of ether oxygens (including phenoxy) is 1. The van der Waals surface area contributed by atoms with Crippen LogP contribution in [0.1, 0.15) is 36.9 Å². The molecule has 3 unspecified atom stereocenters. The summed E-state index contributed by atoms with van der Waals surface area (Å²) in [6.45, 7) is 7.78. The van der Waals surface area contributed by atoms with Crippen molar-refractivity contribution in [3.8, 4) is 0 Å². The monoisotopic (exact) mass is 292 g/mol. The Balaban J connectivity index is 1.78. The van der Waals surface area contributed by atoms with Crippen molar-refractivity contribution in [3.05, 3.63) is 35.1 Å². The first-order chi connectivity index (χ1) is 10.2. The van der Waals surface area contributed by atoms with Crippen LogP contribution < -0.4 is 5.32 Å². The van der Waals surface area contributed by atoms with E-state index in [1.807, 2.05) is 19.1 Å². The van der Waals surface area contributed by atoms with Gasteiger partial charge in [0, 0.05) is 12.6 Å². The van der Waals surface area contributed by atoms with Crippen molar-refractivity contribution in [2.45, 2.75) is 44.9 Å². The van der Waals surface area contributed by atoms with E-state index in [2.05, 4.69) is 17.1 Å². The molecule has 0 radical (unpaired) electrons. The maximum absolute atomic E-state index is 13.5. The van der Waals surface area contributed by atoms with Crippen molar-refractivity contribution in [2.75, 3.05) is 26.2 Å². The van der Waals surface area contributed by atoms with Crippen molar-refractivity contribution in [1.82, 2.24) is 10.2 Å². The largest absolute Gasteiger partial charge is 0.373 e. The number of fused-ring (bicyclic) bond motifs is 1. The van der Waals surface area contributed by atoms with Gasteiger partial charge in [0.25, 0.3) is 0 Å². The second kappa shape index (κ2) is 6.42. The van der Waals surface area contributed by atoms with Crippen LogP contribution >= 0.6 is 0 Å². The van der Waals surface area contributed by atoms with Crippen LogP contribution in [0.5, 0.6) is 0 Å². The van der Waals surface area contributed by atoms with Gasteiger partial charge >= 0.3 is 0 Å². The molecular weight excluding hydrogens is 267 g/mol. The summed E-state index contributed by atoms with van der Waals surface area (Å²) >= 11 is 0. The molecule has 1 aromatic rings. The number of aryl methyl sites for hydroxylation is 1. The number of rotatable bonds is 4. The molecule has 0 bridgehead atoms. The molecule has 2 heterocycles. The molecule has 2 saturated heterocycles. The zero-order chi connectivity index (χ0) is 14.8. The molecule has 21 heavy (non-hydrogen) atoms. The molecule has 2 aliphatic heterocycles. The number of benzene rings is 1. The van der Waals surface area contributed by atoms with E-state index in [9.17, 15) is 4.39 Å². The summed E-state index contributed by atoms with van der Waals surface area (Å²) in [7, 11) is 0. The molecule has 1 N–H and O–H groups in total. The number of morpholine rings is 1. The van der Waals surface area contributed by atoms with E-state index in [-0.39, 0.29) is 18.0 Å². The molecule has 0 spiro atoms. The first-order valence-electron chi connectivity index (χ1n) is 8.04. The number of nitrogens with one attached hydrogen (secondary N) is 1. The van der Waals surface area contributed by atoms with Gasteiger partial charge in [-0.3, -0.25) is 4.90 Å². The summed E-state index contributed by atoms with van der Waals surface area (Å²) in [6.07, 6.45) is 2.68. The highest BCUT2D eigenvalue weighted by molar-refractivity contribution is 5.27. The van der Waals surface area contributed by atoms with E-state index in [1.54, 1.807) is 6.07 Å². The highest BCUT2D eigenvalue weighted by Gasteiger charge is 2.36. The number of likely N-dealkylation sites (N-methyl/N-ethyl adjacent to an activating group) is 1. The molecule has 0 aromatic heterocycles. The molecule has 2 fully saturated rings. The van der Waals surface area contributed by atoms with Gasteiger partial charge in [0.15, 0.2) is 0 Å². The van der Waals surface area contributed by atoms with Crippen LogP contribution in [0.3, 0.4) is 0 Å². The number of nitrogens with zero attached hydrogens (tertiary/aromatic N) is 1. The molecule has 0 saturated carbocycles. The highest BCUT2D eigenvalue weighted by atomic mass is 19.1. The second-order valence-electron chi connectivity index (χ2n) is 6.21. The molecular formula is C17H25FN2O. The minimum atomic E-state index is -0.141. The fourth-order valence-corrected chi connectivity index (χ4v) is 3.59. The van der Waals surface area contributed by atoms with Crippen LogP contribution in [0.4, 0.5) is 4.39 Å². The van der Waals surface area contributed by atoms with E-state index in [0.717, 1.165) is 25.3 Å². The summed E-state index contributed by atoms with van der Waals surface area (Å²) in [5, 5.41) is 3.52. The third-order valence-corrected chi connectivity index (χ3v) is 4.75. The summed E-state index contributed by atoms with van der Waals surface area (Å²) in [4.78, 5) is 2.55. The summed E-state index contributed by atoms with van der Waals surface area (Å²) in [5.41, 5.74) is 1.82. The van der Waals surface area contributed by atoms with Gasteiger partial charge in [-0.2, -0.15) is 0 Å². The molecule has 4 heteroatoms. The maximum Gasteiger partial charge on any atom is 0.126 e. The number of hydrogen-bond donors (Lipinski definition) is 1. The average molecular weight is 292 g/mol. The Hall–Kier alpha value is -0.970. The highest BCUT2D eigenvalue weighted by Crippen LogP contribution is 2.29. The van der Waals surface area contributed by atoms with Crippen LogP contribution in [-0.4, -0.2) is 43.3 Å². The van der Waals surface area contributed by atoms with Crippen LogP contribution in [0.15, 0.2) is 18.2 Å². The van der Waals surface area contributed by atoms with Crippen molar-refractivity contribution in [1.29, 1.82) is 0 Å². The predicted octanol–water partition coefficient (Wildman–Crippen LogP) is 2.65. The Morgan fingerprint density at radius 3 is 3.10 bits per heavy atom.